The van der Waals surface area contributed by atoms with Crippen molar-refractivity contribution in [3.8, 4) is 5.75 Å². The predicted octanol–water partition coefficient (Wildman–Crippen LogP) is 2.87. The van der Waals surface area contributed by atoms with Gasteiger partial charge in [-0.2, -0.15) is 5.10 Å². The number of anilines is 1. The lowest BCUT2D eigenvalue weighted by Crippen LogP contribution is -2.31. The van der Waals surface area contributed by atoms with Crippen molar-refractivity contribution in [3.05, 3.63) is 58.6 Å². The largest absolute Gasteiger partial charge is 0.507 e. The number of para-hydroxylation sites is 1. The van der Waals surface area contributed by atoms with E-state index in [1.165, 1.54) is 12.3 Å². The minimum atomic E-state index is -0.648. The molecule has 1 saturated heterocycles. The molecule has 1 atom stereocenters. The predicted molar refractivity (Wildman–Crippen MR) is 110 cm³/mol. The van der Waals surface area contributed by atoms with Crippen LogP contribution in [0.3, 0.4) is 0 Å². The first kappa shape index (κ1) is 19.1. The number of carbonyl (C=O) groups is 2. The molecule has 1 fully saturated rings. The maximum Gasteiger partial charge on any atom is 0.247 e. The molecule has 9 heteroatoms. The van der Waals surface area contributed by atoms with Gasteiger partial charge in [0.25, 0.3) is 0 Å². The van der Waals surface area contributed by atoms with Crippen LogP contribution in [0.1, 0.15) is 12.0 Å². The molecule has 0 unspecified atom stereocenters. The molecule has 0 radical (unpaired) electrons. The van der Waals surface area contributed by atoms with Crippen LogP contribution >= 0.6 is 27.7 Å². The molecule has 0 bridgehead atoms. The number of aromatic hydroxyl groups is 1. The van der Waals surface area contributed by atoms with E-state index in [1.807, 2.05) is 0 Å². The van der Waals surface area contributed by atoms with Crippen LogP contribution in [0.2, 0.25) is 0 Å². The summed E-state index contributed by atoms with van der Waals surface area (Å²) in [7, 11) is 0. The fraction of sp³-hybridized carbons (Fsp3) is 0.111. The number of hydrogen-bond acceptors (Lipinski definition) is 6. The SMILES string of the molecule is NC(=N/N=C\c1ccccc1O)S[C@H]1CC(=O)N(c2ccc(Br)cc2)C1=O. The molecule has 2 amide bonds. The number of carbonyl (C=O) groups excluding carboxylic acids is 2. The van der Waals surface area contributed by atoms with Crippen LogP contribution in [0.4, 0.5) is 5.69 Å². The summed E-state index contributed by atoms with van der Waals surface area (Å²) >= 11 is 4.31. The third-order valence-electron chi connectivity index (χ3n) is 3.74. The number of rotatable bonds is 4. The average molecular weight is 447 g/mol. The van der Waals surface area contributed by atoms with Gasteiger partial charge in [-0.25, -0.2) is 4.90 Å². The molecule has 3 rings (SSSR count). The summed E-state index contributed by atoms with van der Waals surface area (Å²) in [5.74, 6) is -0.551. The van der Waals surface area contributed by atoms with Crippen LogP contribution in [-0.4, -0.2) is 33.6 Å². The molecule has 1 aliphatic rings. The van der Waals surface area contributed by atoms with Gasteiger partial charge < -0.3 is 10.8 Å². The second-order valence-electron chi connectivity index (χ2n) is 5.60. The molecule has 27 heavy (non-hydrogen) atoms. The summed E-state index contributed by atoms with van der Waals surface area (Å²) in [6.07, 6.45) is 1.40. The Morgan fingerprint density at radius 3 is 2.63 bits per heavy atom. The van der Waals surface area contributed by atoms with Crippen molar-refractivity contribution in [3.63, 3.8) is 0 Å². The van der Waals surface area contributed by atoms with Gasteiger partial charge in [0, 0.05) is 16.5 Å². The topological polar surface area (TPSA) is 108 Å². The first-order valence-corrected chi connectivity index (χ1v) is 9.56. The van der Waals surface area contributed by atoms with Crippen LogP contribution in [0.25, 0.3) is 0 Å². The number of amides is 2. The van der Waals surface area contributed by atoms with Crippen molar-refractivity contribution in [2.75, 3.05) is 4.90 Å². The first-order valence-electron chi connectivity index (χ1n) is 7.89. The van der Waals surface area contributed by atoms with Gasteiger partial charge >= 0.3 is 0 Å². The lowest BCUT2D eigenvalue weighted by Gasteiger charge is -2.14. The van der Waals surface area contributed by atoms with Crippen LogP contribution in [0.5, 0.6) is 5.75 Å². The average Bonchev–Trinajstić information content (AvgIpc) is 2.91. The van der Waals surface area contributed by atoms with E-state index in [0.29, 0.717) is 11.3 Å². The highest BCUT2D eigenvalue weighted by Crippen LogP contribution is 2.30. The Morgan fingerprint density at radius 1 is 1.22 bits per heavy atom. The second kappa shape index (κ2) is 8.36. The van der Waals surface area contributed by atoms with E-state index in [-0.39, 0.29) is 29.2 Å². The van der Waals surface area contributed by atoms with Gasteiger partial charge in [-0.15, -0.1) is 5.10 Å². The van der Waals surface area contributed by atoms with E-state index in [9.17, 15) is 14.7 Å². The Hall–Kier alpha value is -2.65. The standard InChI is InChI=1S/C18H15BrN4O3S/c19-12-5-7-13(8-6-12)23-16(25)9-15(17(23)26)27-18(20)22-21-10-11-3-1-2-4-14(11)24/h1-8,10,15,24H,9H2,(H2,20,22)/b21-10-/t15-/m0/s1. The zero-order valence-corrected chi connectivity index (χ0v) is 16.4. The molecule has 138 valence electrons. The summed E-state index contributed by atoms with van der Waals surface area (Å²) in [5, 5.41) is 16.7. The molecule has 0 aliphatic carbocycles. The number of amidine groups is 1. The number of hydrogen-bond donors (Lipinski definition) is 2. The molecule has 3 N–H and O–H groups in total. The van der Waals surface area contributed by atoms with Crippen molar-refractivity contribution in [2.45, 2.75) is 11.7 Å². The van der Waals surface area contributed by atoms with Gasteiger partial charge in [0.2, 0.25) is 11.8 Å². The van der Waals surface area contributed by atoms with Crippen molar-refractivity contribution in [1.82, 2.24) is 0 Å². The minimum absolute atomic E-state index is 0.0406. The number of phenolic OH excluding ortho intramolecular Hbond substituents is 1. The van der Waals surface area contributed by atoms with Gasteiger partial charge in [-0.1, -0.05) is 39.8 Å². The van der Waals surface area contributed by atoms with Crippen LogP contribution in [0.15, 0.2) is 63.2 Å². The van der Waals surface area contributed by atoms with Gasteiger partial charge in [-0.05, 0) is 36.4 Å². The summed E-state index contributed by atoms with van der Waals surface area (Å²) < 4.78 is 0.856. The highest BCUT2D eigenvalue weighted by Gasteiger charge is 2.40. The molecular weight excluding hydrogens is 432 g/mol. The Labute approximate surface area is 168 Å². The molecule has 0 saturated carbocycles. The van der Waals surface area contributed by atoms with E-state index in [2.05, 4.69) is 26.1 Å². The number of phenols is 1. The fourth-order valence-corrected chi connectivity index (χ4v) is 3.55. The van der Waals surface area contributed by atoms with E-state index < -0.39 is 5.25 Å². The number of nitrogens with zero attached hydrogens (tertiary/aromatic N) is 3. The van der Waals surface area contributed by atoms with Gasteiger partial charge in [0.15, 0.2) is 5.17 Å². The van der Waals surface area contributed by atoms with Crippen LogP contribution in [-0.2, 0) is 9.59 Å². The summed E-state index contributed by atoms with van der Waals surface area (Å²) in [4.78, 5) is 26.0. The molecule has 2 aromatic carbocycles. The highest BCUT2D eigenvalue weighted by molar-refractivity contribution is 9.10. The smallest absolute Gasteiger partial charge is 0.247 e. The lowest BCUT2D eigenvalue weighted by molar-refractivity contribution is -0.121. The zero-order valence-electron chi connectivity index (χ0n) is 13.9. The monoisotopic (exact) mass is 446 g/mol. The molecular formula is C18H15BrN4O3S. The van der Waals surface area contributed by atoms with Crippen molar-refractivity contribution in [1.29, 1.82) is 0 Å². The Bertz CT molecular complexity index is 930. The molecule has 1 aliphatic heterocycles. The minimum Gasteiger partial charge on any atom is -0.507 e. The van der Waals surface area contributed by atoms with Crippen molar-refractivity contribution >= 4 is 56.6 Å². The summed E-state index contributed by atoms with van der Waals surface area (Å²) in [6.45, 7) is 0. The van der Waals surface area contributed by atoms with Gasteiger partial charge in [-0.3, -0.25) is 9.59 Å². The molecule has 0 aromatic heterocycles. The normalized spacial score (nSPS) is 17.9. The number of halogens is 1. The molecule has 0 spiro atoms. The van der Waals surface area contributed by atoms with Crippen molar-refractivity contribution < 1.29 is 14.7 Å². The highest BCUT2D eigenvalue weighted by atomic mass is 79.9. The summed E-state index contributed by atoms with van der Waals surface area (Å²) in [6, 6.07) is 13.6. The van der Waals surface area contributed by atoms with Gasteiger partial charge in [0.1, 0.15) is 11.0 Å². The maximum absolute atomic E-state index is 12.6. The Balaban J connectivity index is 1.67. The number of imide groups is 1. The van der Waals surface area contributed by atoms with E-state index >= 15 is 0 Å². The zero-order chi connectivity index (χ0) is 19.4. The summed E-state index contributed by atoms with van der Waals surface area (Å²) in [5.41, 5.74) is 6.83. The van der Waals surface area contributed by atoms with Crippen LogP contribution in [0, 0.1) is 0 Å². The van der Waals surface area contributed by atoms with Crippen LogP contribution < -0.4 is 10.6 Å². The van der Waals surface area contributed by atoms with E-state index in [4.69, 9.17) is 5.73 Å². The molecule has 7 nitrogen and oxygen atoms in total. The van der Waals surface area contributed by atoms with Gasteiger partial charge in [0.05, 0.1) is 11.9 Å². The number of benzene rings is 2. The Morgan fingerprint density at radius 2 is 1.93 bits per heavy atom. The maximum atomic E-state index is 12.6. The fourth-order valence-electron chi connectivity index (χ4n) is 2.47. The Kier molecular flexibility index (Phi) is 5.92. The third-order valence-corrected chi connectivity index (χ3v) is 5.25. The number of nitrogens with two attached hydrogens (primary N) is 1. The first-order chi connectivity index (χ1) is 13.0. The molecule has 1 heterocycles. The lowest BCUT2D eigenvalue weighted by atomic mass is 10.2. The quantitative estimate of drug-likeness (QED) is 0.324. The second-order valence-corrected chi connectivity index (χ2v) is 7.73. The third kappa shape index (κ3) is 4.55. The van der Waals surface area contributed by atoms with Crippen molar-refractivity contribution in [2.24, 2.45) is 15.9 Å². The van der Waals surface area contributed by atoms with E-state index in [0.717, 1.165) is 21.1 Å². The molecule has 2 aromatic rings. The van der Waals surface area contributed by atoms with E-state index in [1.54, 1.807) is 42.5 Å². The number of thioether (sulfide) groups is 1.